The summed E-state index contributed by atoms with van der Waals surface area (Å²) in [7, 11) is 3.25. The summed E-state index contributed by atoms with van der Waals surface area (Å²) in [6.07, 6.45) is 0. The van der Waals surface area contributed by atoms with E-state index in [2.05, 4.69) is 5.32 Å². The van der Waals surface area contributed by atoms with Crippen LogP contribution in [0.25, 0.3) is 0 Å². The number of nitrogens with two attached hydrogens (primary N) is 1. The van der Waals surface area contributed by atoms with Crippen LogP contribution in [0, 0.1) is 0 Å². The Hall–Kier alpha value is -1.91. The third-order valence-electron chi connectivity index (χ3n) is 3.25. The molecule has 112 valence electrons. The highest BCUT2D eigenvalue weighted by molar-refractivity contribution is 6.31. The number of methoxy groups -OCH3 is 2. The van der Waals surface area contributed by atoms with Gasteiger partial charge in [-0.15, -0.1) is 0 Å². The molecule has 3 N–H and O–H groups in total. The number of hydrogen-bond donors (Lipinski definition) is 2. The van der Waals surface area contributed by atoms with Crippen LogP contribution in [-0.4, -0.2) is 20.8 Å². The van der Waals surface area contributed by atoms with E-state index >= 15 is 0 Å². The topological polar surface area (TPSA) is 56.5 Å². The third-order valence-corrected chi connectivity index (χ3v) is 3.58. The van der Waals surface area contributed by atoms with Gasteiger partial charge in [-0.25, -0.2) is 0 Å². The van der Waals surface area contributed by atoms with Crippen molar-refractivity contribution < 1.29 is 9.47 Å². The van der Waals surface area contributed by atoms with Gasteiger partial charge in [0.2, 0.25) is 0 Å². The van der Waals surface area contributed by atoms with E-state index in [4.69, 9.17) is 26.8 Å². The second-order valence-corrected chi connectivity index (χ2v) is 4.90. The Balaban J connectivity index is 2.37. The van der Waals surface area contributed by atoms with Crippen LogP contribution in [0.1, 0.15) is 11.6 Å². The Morgan fingerprint density at radius 1 is 1.05 bits per heavy atom. The summed E-state index contributed by atoms with van der Waals surface area (Å²) in [6, 6.07) is 13.0. The Labute approximate surface area is 129 Å². The van der Waals surface area contributed by atoms with Crippen molar-refractivity contribution in [3.63, 3.8) is 0 Å². The molecule has 0 amide bonds. The molecule has 0 aromatic heterocycles. The molecule has 0 radical (unpaired) electrons. The van der Waals surface area contributed by atoms with Crippen molar-refractivity contribution in [1.29, 1.82) is 0 Å². The van der Waals surface area contributed by atoms with Crippen LogP contribution in [0.3, 0.4) is 0 Å². The smallest absolute Gasteiger partial charge is 0.141 e. The molecule has 1 unspecified atom stereocenters. The number of nitrogens with one attached hydrogen (secondary N) is 1. The van der Waals surface area contributed by atoms with Gasteiger partial charge >= 0.3 is 0 Å². The average molecular weight is 307 g/mol. The highest BCUT2D eigenvalue weighted by Crippen LogP contribution is 2.35. The molecule has 5 heteroatoms. The van der Waals surface area contributed by atoms with Gasteiger partial charge in [-0.3, -0.25) is 0 Å². The first-order valence-corrected chi connectivity index (χ1v) is 7.01. The van der Waals surface area contributed by atoms with Crippen LogP contribution >= 0.6 is 11.6 Å². The molecule has 0 aliphatic heterocycles. The van der Waals surface area contributed by atoms with E-state index < -0.39 is 0 Å². The third kappa shape index (κ3) is 3.40. The number of rotatable bonds is 6. The SMILES string of the molecule is COc1ccccc1NC(CN)c1c(Cl)cccc1OC. The van der Waals surface area contributed by atoms with Crippen molar-refractivity contribution in [2.24, 2.45) is 5.73 Å². The minimum Gasteiger partial charge on any atom is -0.496 e. The zero-order valence-corrected chi connectivity index (χ0v) is 12.9. The molecular weight excluding hydrogens is 288 g/mol. The first kappa shape index (κ1) is 15.5. The molecule has 21 heavy (non-hydrogen) atoms. The summed E-state index contributed by atoms with van der Waals surface area (Å²) in [4.78, 5) is 0. The molecule has 0 heterocycles. The summed E-state index contributed by atoms with van der Waals surface area (Å²) in [5.41, 5.74) is 7.62. The zero-order valence-electron chi connectivity index (χ0n) is 12.1. The Bertz CT molecular complexity index is 605. The normalized spacial score (nSPS) is 11.8. The predicted octanol–water partition coefficient (Wildman–Crippen LogP) is 3.47. The molecule has 2 rings (SSSR count). The maximum Gasteiger partial charge on any atom is 0.141 e. The number of anilines is 1. The van der Waals surface area contributed by atoms with Crippen molar-refractivity contribution in [1.82, 2.24) is 0 Å². The molecule has 0 aliphatic carbocycles. The minimum absolute atomic E-state index is 0.176. The first-order valence-electron chi connectivity index (χ1n) is 6.63. The maximum atomic E-state index is 6.31. The summed E-state index contributed by atoms with van der Waals surface area (Å²) >= 11 is 6.31. The number of hydrogen-bond acceptors (Lipinski definition) is 4. The van der Waals surface area contributed by atoms with Crippen LogP contribution < -0.4 is 20.5 Å². The van der Waals surface area contributed by atoms with Gasteiger partial charge in [-0.1, -0.05) is 29.8 Å². The molecule has 0 fully saturated rings. The van der Waals surface area contributed by atoms with Crippen molar-refractivity contribution in [3.05, 3.63) is 53.1 Å². The molecular formula is C16H19ClN2O2. The molecule has 2 aromatic carbocycles. The van der Waals surface area contributed by atoms with Crippen LogP contribution in [0.15, 0.2) is 42.5 Å². The van der Waals surface area contributed by atoms with Crippen molar-refractivity contribution >= 4 is 17.3 Å². The fraction of sp³-hybridized carbons (Fsp3) is 0.250. The highest BCUT2D eigenvalue weighted by Gasteiger charge is 2.19. The average Bonchev–Trinajstić information content (AvgIpc) is 2.53. The largest absolute Gasteiger partial charge is 0.496 e. The van der Waals surface area contributed by atoms with Crippen LogP contribution in [0.4, 0.5) is 5.69 Å². The number of para-hydroxylation sites is 2. The van der Waals surface area contributed by atoms with E-state index in [1.165, 1.54) is 0 Å². The first-order chi connectivity index (χ1) is 10.2. The fourth-order valence-electron chi connectivity index (χ4n) is 2.23. The van der Waals surface area contributed by atoms with Gasteiger partial charge in [-0.05, 0) is 24.3 Å². The summed E-state index contributed by atoms with van der Waals surface area (Å²) in [6.45, 7) is 0.373. The minimum atomic E-state index is -0.176. The van der Waals surface area contributed by atoms with Gasteiger partial charge in [0.25, 0.3) is 0 Å². The van der Waals surface area contributed by atoms with Gasteiger partial charge in [-0.2, -0.15) is 0 Å². The molecule has 0 saturated carbocycles. The standard InChI is InChI=1S/C16H19ClN2O2/c1-20-14-8-4-3-7-12(14)19-13(10-18)16-11(17)6-5-9-15(16)21-2/h3-9,13,19H,10,18H2,1-2H3. The lowest BCUT2D eigenvalue weighted by Crippen LogP contribution is -2.22. The molecule has 2 aromatic rings. The molecule has 0 aliphatic rings. The summed E-state index contributed by atoms with van der Waals surface area (Å²) in [5, 5.41) is 3.98. The van der Waals surface area contributed by atoms with Crippen LogP contribution in [0.5, 0.6) is 11.5 Å². The van der Waals surface area contributed by atoms with Crippen molar-refractivity contribution in [2.45, 2.75) is 6.04 Å². The summed E-state index contributed by atoms with van der Waals surface area (Å²) in [5.74, 6) is 1.46. The zero-order chi connectivity index (χ0) is 15.2. The van der Waals surface area contributed by atoms with Crippen LogP contribution in [-0.2, 0) is 0 Å². The van der Waals surface area contributed by atoms with E-state index in [0.29, 0.717) is 17.3 Å². The van der Waals surface area contributed by atoms with E-state index in [9.17, 15) is 0 Å². The second kappa shape index (κ2) is 7.20. The highest BCUT2D eigenvalue weighted by atomic mass is 35.5. The van der Waals surface area contributed by atoms with Crippen LogP contribution in [0.2, 0.25) is 5.02 Å². The van der Waals surface area contributed by atoms with Gasteiger partial charge in [0.15, 0.2) is 0 Å². The van der Waals surface area contributed by atoms with Gasteiger partial charge < -0.3 is 20.5 Å². The lowest BCUT2D eigenvalue weighted by atomic mass is 10.0. The Morgan fingerprint density at radius 3 is 2.38 bits per heavy atom. The van der Waals surface area contributed by atoms with Crippen molar-refractivity contribution in [2.75, 3.05) is 26.1 Å². The predicted molar refractivity (Wildman–Crippen MR) is 86.4 cm³/mol. The van der Waals surface area contributed by atoms with Gasteiger partial charge in [0.1, 0.15) is 11.5 Å². The van der Waals surface area contributed by atoms with E-state index in [1.54, 1.807) is 14.2 Å². The molecule has 0 spiro atoms. The lowest BCUT2D eigenvalue weighted by molar-refractivity contribution is 0.406. The Kier molecular flexibility index (Phi) is 5.31. The Morgan fingerprint density at radius 2 is 1.71 bits per heavy atom. The van der Waals surface area contributed by atoms with E-state index in [-0.39, 0.29) is 6.04 Å². The fourth-order valence-corrected chi connectivity index (χ4v) is 2.53. The van der Waals surface area contributed by atoms with Crippen molar-refractivity contribution in [3.8, 4) is 11.5 Å². The van der Waals surface area contributed by atoms with Gasteiger partial charge in [0.05, 0.1) is 25.9 Å². The number of halogens is 1. The quantitative estimate of drug-likeness (QED) is 0.858. The lowest BCUT2D eigenvalue weighted by Gasteiger charge is -2.23. The van der Waals surface area contributed by atoms with E-state index in [0.717, 1.165) is 17.0 Å². The molecule has 4 nitrogen and oxygen atoms in total. The maximum absolute atomic E-state index is 6.31. The second-order valence-electron chi connectivity index (χ2n) is 4.49. The molecule has 0 bridgehead atoms. The monoisotopic (exact) mass is 306 g/mol. The molecule has 0 saturated heterocycles. The number of ether oxygens (including phenoxy) is 2. The van der Waals surface area contributed by atoms with E-state index in [1.807, 2.05) is 42.5 Å². The summed E-state index contributed by atoms with van der Waals surface area (Å²) < 4.78 is 10.7. The number of benzene rings is 2. The molecule has 1 atom stereocenters. The van der Waals surface area contributed by atoms with Gasteiger partial charge in [0, 0.05) is 17.1 Å².